The summed E-state index contributed by atoms with van der Waals surface area (Å²) in [6.07, 6.45) is 6.48. The van der Waals surface area contributed by atoms with E-state index in [4.69, 9.17) is 44.7 Å². The normalized spacial score (nSPS) is 11.7. The summed E-state index contributed by atoms with van der Waals surface area (Å²) >= 11 is 16.2. The molecule has 0 aliphatic heterocycles. The molecule has 2 atom stereocenters. The van der Waals surface area contributed by atoms with Crippen molar-refractivity contribution in [3.63, 3.8) is 0 Å². The van der Waals surface area contributed by atoms with E-state index in [1.165, 1.54) is 6.20 Å². The number of nitrogen functional groups attached to an aromatic ring is 2. The Morgan fingerprint density at radius 3 is 1.53 bits per heavy atom. The molecular weight excluding hydrogens is 1040 g/mol. The number of hydrogen-bond acceptors (Lipinski definition) is 14. The molecule has 0 saturated heterocycles. The fourth-order valence-electron chi connectivity index (χ4n) is 8.02. The first kappa shape index (κ1) is 52.3. The van der Waals surface area contributed by atoms with Crippen molar-refractivity contribution in [3.8, 4) is 22.5 Å². The van der Waals surface area contributed by atoms with Crippen molar-refractivity contribution in [2.75, 3.05) is 22.1 Å². The van der Waals surface area contributed by atoms with Crippen LogP contribution >= 0.6 is 39.1 Å². The van der Waals surface area contributed by atoms with E-state index in [0.717, 1.165) is 56.0 Å². The largest absolute Gasteiger partial charge is 0.490 e. The zero-order valence-corrected chi connectivity index (χ0v) is 43.4. The van der Waals surface area contributed by atoms with E-state index in [1.807, 2.05) is 137 Å². The first-order valence-corrected chi connectivity index (χ1v) is 24.6. The number of pyridine rings is 4. The summed E-state index contributed by atoms with van der Waals surface area (Å²) < 4.78 is 4.03. The van der Waals surface area contributed by atoms with Gasteiger partial charge >= 0.3 is 7.12 Å². The molecule has 0 spiro atoms. The Morgan fingerprint density at radius 2 is 1.05 bits per heavy atom. The van der Waals surface area contributed by atoms with Gasteiger partial charge in [0, 0.05) is 75.5 Å². The van der Waals surface area contributed by atoms with Gasteiger partial charge < -0.3 is 32.1 Å². The third-order valence-electron chi connectivity index (χ3n) is 11.7. The molecule has 20 heteroatoms. The molecule has 10 aromatic rings. The van der Waals surface area contributed by atoms with Crippen LogP contribution < -0.4 is 38.7 Å². The topological polar surface area (TPSA) is 238 Å². The van der Waals surface area contributed by atoms with Gasteiger partial charge in [-0.05, 0) is 115 Å². The molecular formula is C54H48BBrCl2N12O4. The van der Waals surface area contributed by atoms with Crippen LogP contribution in [0, 0.1) is 13.8 Å². The van der Waals surface area contributed by atoms with E-state index < -0.39 is 7.12 Å². The average molecular weight is 1090 g/mol. The smallest absolute Gasteiger partial charge is 0.423 e. The van der Waals surface area contributed by atoms with Crippen molar-refractivity contribution in [3.05, 3.63) is 216 Å². The van der Waals surface area contributed by atoms with Gasteiger partial charge in [0.25, 0.3) is 11.1 Å². The minimum atomic E-state index is -1.41. The quantitative estimate of drug-likeness (QED) is 0.0700. The molecule has 6 heterocycles. The second kappa shape index (κ2) is 23.3. The lowest BCUT2D eigenvalue weighted by atomic mass is 9.82. The average Bonchev–Trinajstić information content (AvgIpc) is 3.38. The summed E-state index contributed by atoms with van der Waals surface area (Å²) in [5, 5.41) is 27.4. The number of para-hydroxylation sites is 2. The van der Waals surface area contributed by atoms with E-state index in [-0.39, 0.29) is 35.1 Å². The van der Waals surface area contributed by atoms with Crippen molar-refractivity contribution in [2.45, 2.75) is 39.8 Å². The van der Waals surface area contributed by atoms with Gasteiger partial charge in [-0.25, -0.2) is 9.97 Å². The Labute approximate surface area is 444 Å². The SMILES string of the molecule is C[C@H](Nc1nc(N)ncc1Br)c1cc2cccc(Cl)c2c(=O)n1-c1ccccc1.Cc1ccc(-c2cnc(N)nc2N[C@@H](C)c2cc3cccc(Cl)c3c(=O)n2-c2ccccc2)cn1.Cc1ccc(B(O)O)cn1. The number of anilines is 4. The molecule has 8 N–H and O–H groups in total. The van der Waals surface area contributed by atoms with Crippen LogP contribution in [0.4, 0.5) is 23.5 Å². The predicted molar refractivity (Wildman–Crippen MR) is 301 cm³/mol. The van der Waals surface area contributed by atoms with Crippen molar-refractivity contribution < 1.29 is 10.0 Å². The van der Waals surface area contributed by atoms with Gasteiger partial charge in [0.2, 0.25) is 11.9 Å². The highest BCUT2D eigenvalue weighted by atomic mass is 79.9. The molecule has 0 unspecified atom stereocenters. The fourth-order valence-corrected chi connectivity index (χ4v) is 8.85. The molecule has 6 aromatic heterocycles. The van der Waals surface area contributed by atoms with E-state index >= 15 is 0 Å². The molecule has 0 amide bonds. The van der Waals surface area contributed by atoms with Crippen molar-refractivity contribution >= 4 is 96.8 Å². The van der Waals surface area contributed by atoms with Crippen LogP contribution in [0.1, 0.15) is 48.7 Å². The highest BCUT2D eigenvalue weighted by Gasteiger charge is 2.22. The van der Waals surface area contributed by atoms with Gasteiger partial charge in [-0.2, -0.15) is 9.97 Å². The van der Waals surface area contributed by atoms with E-state index in [9.17, 15) is 9.59 Å². The Bertz CT molecular complexity index is 3730. The number of nitrogens with zero attached hydrogens (tertiary/aromatic N) is 8. The standard InChI is InChI=1S/C27H23ClN6O.C21H17BrClN5O.C6H8BNO2/c1-16-11-12-19(14-30-16)21-15-31-27(29)33-25(21)32-17(2)23-13-18-7-6-10-22(28)24(18)26(35)34(23)20-8-4-3-5-9-20;1-12(26-19-15(22)11-25-21(24)27-19)17-10-13-6-5-9-16(23)18(13)20(29)28(17)14-7-3-2-4-8-14;1-5-2-3-6(4-8-5)7(9)10/h3-15,17H,1-2H3,(H3,29,31,32,33);2-12H,1H3,(H3,24,25,26,27);2-4,9-10H,1H3/t17-;12-;/m00./s1. The summed E-state index contributed by atoms with van der Waals surface area (Å²) in [5.41, 5.74) is 18.1. The lowest BCUT2D eigenvalue weighted by Crippen LogP contribution is -2.29. The zero-order chi connectivity index (χ0) is 52.6. The second-order valence-electron chi connectivity index (χ2n) is 16.9. The van der Waals surface area contributed by atoms with Crippen LogP contribution in [0.5, 0.6) is 0 Å². The van der Waals surface area contributed by atoms with Crippen LogP contribution in [-0.4, -0.2) is 56.2 Å². The Kier molecular flexibility index (Phi) is 16.4. The minimum absolute atomic E-state index is 0.147. The van der Waals surface area contributed by atoms with E-state index in [1.54, 1.807) is 52.0 Å². The maximum atomic E-state index is 13.7. The number of halogens is 3. The lowest BCUT2D eigenvalue weighted by Gasteiger charge is -2.22. The van der Waals surface area contributed by atoms with Gasteiger partial charge in [-0.15, -0.1) is 0 Å². The second-order valence-corrected chi connectivity index (χ2v) is 18.6. The van der Waals surface area contributed by atoms with Crippen LogP contribution in [0.15, 0.2) is 172 Å². The number of benzene rings is 4. The van der Waals surface area contributed by atoms with Gasteiger partial charge in [0.1, 0.15) is 11.6 Å². The maximum Gasteiger partial charge on any atom is 0.490 e. The first-order valence-electron chi connectivity index (χ1n) is 23.0. The summed E-state index contributed by atoms with van der Waals surface area (Å²) in [6, 6.07) is 40.5. The summed E-state index contributed by atoms with van der Waals surface area (Å²) in [5.74, 6) is 1.40. The minimum Gasteiger partial charge on any atom is -0.423 e. The Morgan fingerprint density at radius 1 is 0.581 bits per heavy atom. The molecule has 0 aliphatic rings. The molecule has 16 nitrogen and oxygen atoms in total. The number of fused-ring (bicyclic) bond motifs is 2. The van der Waals surface area contributed by atoms with Crippen molar-refractivity contribution in [2.24, 2.45) is 0 Å². The number of rotatable bonds is 10. The van der Waals surface area contributed by atoms with E-state index in [2.05, 4.69) is 56.5 Å². The van der Waals surface area contributed by atoms with Crippen LogP contribution in [0.2, 0.25) is 10.0 Å². The third kappa shape index (κ3) is 11.9. The molecule has 4 aromatic carbocycles. The van der Waals surface area contributed by atoms with Crippen molar-refractivity contribution in [1.29, 1.82) is 0 Å². The van der Waals surface area contributed by atoms with Crippen LogP contribution in [0.3, 0.4) is 0 Å². The van der Waals surface area contributed by atoms with E-state index in [0.29, 0.717) is 42.4 Å². The first-order chi connectivity index (χ1) is 35.6. The number of aryl methyl sites for hydroxylation is 2. The monoisotopic (exact) mass is 1090 g/mol. The number of nitrogens with one attached hydrogen (secondary N) is 2. The van der Waals surface area contributed by atoms with Crippen LogP contribution in [-0.2, 0) is 0 Å². The molecule has 0 saturated carbocycles. The summed E-state index contributed by atoms with van der Waals surface area (Å²) in [4.78, 5) is 52.2. The molecule has 0 fully saturated rings. The lowest BCUT2D eigenvalue weighted by molar-refractivity contribution is 0.425. The van der Waals surface area contributed by atoms with Gasteiger partial charge in [-0.1, -0.05) is 96.0 Å². The van der Waals surface area contributed by atoms with Crippen LogP contribution in [0.25, 0.3) is 44.0 Å². The molecule has 0 bridgehead atoms. The molecule has 372 valence electrons. The molecule has 10 rings (SSSR count). The zero-order valence-electron chi connectivity index (χ0n) is 40.3. The summed E-state index contributed by atoms with van der Waals surface area (Å²) in [6.45, 7) is 7.70. The highest BCUT2D eigenvalue weighted by molar-refractivity contribution is 9.10. The number of hydrogen-bond donors (Lipinski definition) is 6. The summed E-state index contributed by atoms with van der Waals surface area (Å²) in [7, 11) is -1.41. The maximum absolute atomic E-state index is 13.7. The van der Waals surface area contributed by atoms with Crippen molar-refractivity contribution in [1.82, 2.24) is 39.0 Å². The van der Waals surface area contributed by atoms with Gasteiger partial charge in [-0.3, -0.25) is 28.7 Å². The number of nitrogens with two attached hydrogens (primary N) is 2. The molecule has 74 heavy (non-hydrogen) atoms. The number of aromatic nitrogens is 8. The molecule has 0 radical (unpaired) electrons. The Hall–Kier alpha value is -8.00. The molecule has 0 aliphatic carbocycles. The van der Waals surface area contributed by atoms with Gasteiger partial charge in [0.05, 0.1) is 37.4 Å². The fraction of sp³-hybridized carbons (Fsp3) is 0.111. The highest BCUT2D eigenvalue weighted by Crippen LogP contribution is 2.32. The third-order valence-corrected chi connectivity index (χ3v) is 12.9. The van der Waals surface area contributed by atoms with Gasteiger partial charge in [0.15, 0.2) is 0 Å². The Balaban J connectivity index is 0.000000168. The predicted octanol–water partition coefficient (Wildman–Crippen LogP) is 9.58.